The fourth-order valence-corrected chi connectivity index (χ4v) is 5.05. The number of pyridine rings is 1. The first-order valence-corrected chi connectivity index (χ1v) is 11.2. The molecule has 0 amide bonds. The van der Waals surface area contributed by atoms with Crippen molar-refractivity contribution in [1.29, 1.82) is 0 Å². The van der Waals surface area contributed by atoms with E-state index in [1.807, 2.05) is 48.5 Å². The molecule has 1 aromatic heterocycles. The number of aliphatic imine (C=N–C) groups is 1. The molecule has 3 aromatic rings. The van der Waals surface area contributed by atoms with Gasteiger partial charge in [0, 0.05) is 18.4 Å². The Morgan fingerprint density at radius 2 is 1.91 bits per heavy atom. The van der Waals surface area contributed by atoms with Gasteiger partial charge in [0.15, 0.2) is 11.0 Å². The first-order chi connectivity index (χ1) is 14.9. The van der Waals surface area contributed by atoms with Gasteiger partial charge in [-0.25, -0.2) is 9.98 Å². The Morgan fingerprint density at radius 3 is 2.53 bits per heavy atom. The highest BCUT2D eigenvalue weighted by Crippen LogP contribution is 2.42. The molecule has 1 aliphatic heterocycles. The highest BCUT2D eigenvalue weighted by Gasteiger charge is 2.39. The van der Waals surface area contributed by atoms with Crippen molar-refractivity contribution in [3.05, 3.63) is 93.2 Å². The molecular weight excluding hydrogens is 489 g/mol. The minimum atomic E-state index is -0.629. The van der Waals surface area contributed by atoms with Crippen molar-refractivity contribution in [1.82, 2.24) is 4.98 Å². The standard InChI is InChI=1S/C23H19Cl2N3O2S.ClH/c1-30-18-7-5-15(6-8-18)23(13-31-22(26)28-23)16-4-2-3-14(9-16)10-20(29)21-19(25)11-17(24)12-27-21;/h2-9,11-12H,10,13H2,1H3,(H2,26,28);1H. The minimum Gasteiger partial charge on any atom is -0.497 e. The number of nitrogens with two attached hydrogens (primary N) is 1. The summed E-state index contributed by atoms with van der Waals surface area (Å²) in [7, 11) is 1.63. The lowest BCUT2D eigenvalue weighted by molar-refractivity contribution is 0.0988. The van der Waals surface area contributed by atoms with E-state index in [2.05, 4.69) is 4.98 Å². The van der Waals surface area contributed by atoms with Crippen molar-refractivity contribution in [2.45, 2.75) is 12.0 Å². The van der Waals surface area contributed by atoms with Gasteiger partial charge >= 0.3 is 0 Å². The van der Waals surface area contributed by atoms with Crippen LogP contribution in [0.1, 0.15) is 27.2 Å². The van der Waals surface area contributed by atoms with Crippen LogP contribution in [0, 0.1) is 0 Å². The van der Waals surface area contributed by atoms with E-state index in [0.29, 0.717) is 15.9 Å². The van der Waals surface area contributed by atoms with E-state index in [4.69, 9.17) is 38.7 Å². The third kappa shape index (κ3) is 4.89. The predicted octanol–water partition coefficient (Wildman–Crippen LogP) is 5.55. The third-order valence-corrected chi connectivity index (χ3v) is 6.58. The van der Waals surface area contributed by atoms with E-state index in [0.717, 1.165) is 22.4 Å². The number of rotatable bonds is 6. The predicted molar refractivity (Wildman–Crippen MR) is 134 cm³/mol. The number of thioether (sulfide) groups is 1. The Hall–Kier alpha value is -2.25. The first-order valence-electron chi connectivity index (χ1n) is 9.47. The molecule has 9 heteroatoms. The van der Waals surface area contributed by atoms with Crippen LogP contribution in [0.2, 0.25) is 10.0 Å². The largest absolute Gasteiger partial charge is 0.497 e. The van der Waals surface area contributed by atoms with Crippen molar-refractivity contribution < 1.29 is 9.53 Å². The summed E-state index contributed by atoms with van der Waals surface area (Å²) >= 11 is 13.6. The van der Waals surface area contributed by atoms with Gasteiger partial charge in [-0.15, -0.1) is 12.4 Å². The van der Waals surface area contributed by atoms with Crippen LogP contribution in [-0.2, 0) is 12.0 Å². The maximum Gasteiger partial charge on any atom is 0.187 e. The van der Waals surface area contributed by atoms with Gasteiger partial charge in [0.05, 0.1) is 17.2 Å². The van der Waals surface area contributed by atoms with E-state index in [1.165, 1.54) is 24.0 Å². The number of methoxy groups -OCH3 is 1. The van der Waals surface area contributed by atoms with Gasteiger partial charge in [-0.1, -0.05) is 71.4 Å². The first kappa shape index (κ1) is 24.4. The molecule has 4 rings (SSSR count). The fraction of sp³-hybridized carbons (Fsp3) is 0.174. The molecule has 1 atom stereocenters. The highest BCUT2D eigenvalue weighted by atomic mass is 35.5. The quantitative estimate of drug-likeness (QED) is 0.442. The summed E-state index contributed by atoms with van der Waals surface area (Å²) in [6.07, 6.45) is 1.58. The van der Waals surface area contributed by atoms with Gasteiger partial charge in [-0.05, 0) is 34.9 Å². The summed E-state index contributed by atoms with van der Waals surface area (Å²) in [6, 6.07) is 17.2. The number of carbonyl (C=O) groups excluding carboxylic acids is 1. The molecule has 166 valence electrons. The molecule has 0 bridgehead atoms. The van der Waals surface area contributed by atoms with Crippen LogP contribution >= 0.6 is 47.4 Å². The number of amidine groups is 1. The molecule has 32 heavy (non-hydrogen) atoms. The van der Waals surface area contributed by atoms with Gasteiger partial charge < -0.3 is 10.5 Å². The number of benzene rings is 2. The zero-order chi connectivity index (χ0) is 22.0. The van der Waals surface area contributed by atoms with Crippen LogP contribution in [0.15, 0.2) is 65.8 Å². The third-order valence-electron chi connectivity index (χ3n) is 5.14. The summed E-state index contributed by atoms with van der Waals surface area (Å²) in [4.78, 5) is 21.7. The van der Waals surface area contributed by atoms with E-state index >= 15 is 0 Å². The Kier molecular flexibility index (Phi) is 7.72. The highest BCUT2D eigenvalue weighted by molar-refractivity contribution is 8.14. The number of ketones is 1. The van der Waals surface area contributed by atoms with Gasteiger partial charge in [0.2, 0.25) is 0 Å². The van der Waals surface area contributed by atoms with Crippen LogP contribution in [0.3, 0.4) is 0 Å². The molecule has 0 radical (unpaired) electrons. The number of hydrogen-bond acceptors (Lipinski definition) is 6. The molecule has 0 saturated heterocycles. The molecule has 5 nitrogen and oxygen atoms in total. The van der Waals surface area contributed by atoms with Crippen molar-refractivity contribution in [2.75, 3.05) is 12.9 Å². The number of nitrogens with zero attached hydrogens (tertiary/aromatic N) is 2. The van der Waals surface area contributed by atoms with Crippen molar-refractivity contribution in [2.24, 2.45) is 10.7 Å². The lowest BCUT2D eigenvalue weighted by Crippen LogP contribution is -2.26. The van der Waals surface area contributed by atoms with Gasteiger partial charge in [0.1, 0.15) is 17.0 Å². The lowest BCUT2D eigenvalue weighted by Gasteiger charge is -2.27. The zero-order valence-corrected chi connectivity index (χ0v) is 20.2. The molecule has 0 saturated carbocycles. The molecule has 0 spiro atoms. The van der Waals surface area contributed by atoms with Gasteiger partial charge in [-0.3, -0.25) is 4.79 Å². The summed E-state index contributed by atoms with van der Waals surface area (Å²) < 4.78 is 5.29. The molecule has 2 heterocycles. The SMILES string of the molecule is COc1ccc(C2(c3cccc(CC(=O)c4ncc(Cl)cc4Cl)c3)CSC(N)=N2)cc1.Cl. The van der Waals surface area contributed by atoms with Crippen LogP contribution in [0.4, 0.5) is 0 Å². The second-order valence-electron chi connectivity index (χ2n) is 7.11. The summed E-state index contributed by atoms with van der Waals surface area (Å²) in [5.41, 5.74) is 8.46. The van der Waals surface area contributed by atoms with Gasteiger partial charge in [-0.2, -0.15) is 0 Å². The number of ether oxygens (including phenoxy) is 1. The number of aromatic nitrogens is 1. The monoisotopic (exact) mass is 507 g/mol. The van der Waals surface area contributed by atoms with Crippen LogP contribution in [0.25, 0.3) is 0 Å². The number of hydrogen-bond donors (Lipinski definition) is 1. The van der Waals surface area contributed by atoms with Gasteiger partial charge in [0.25, 0.3) is 0 Å². The van der Waals surface area contributed by atoms with Crippen molar-refractivity contribution in [3.63, 3.8) is 0 Å². The van der Waals surface area contributed by atoms with E-state index < -0.39 is 5.54 Å². The van der Waals surface area contributed by atoms with E-state index in [1.54, 1.807) is 7.11 Å². The molecule has 0 fully saturated rings. The van der Waals surface area contributed by atoms with Crippen LogP contribution in [0.5, 0.6) is 5.75 Å². The second-order valence-corrected chi connectivity index (χ2v) is 8.95. The molecular formula is C23H20Cl3N3O2S. The number of Topliss-reactive ketones (excluding diaryl/α,β-unsaturated/α-hetero) is 1. The molecule has 0 aliphatic carbocycles. The molecule has 1 unspecified atom stereocenters. The average molecular weight is 509 g/mol. The smallest absolute Gasteiger partial charge is 0.187 e. The molecule has 2 N–H and O–H groups in total. The summed E-state index contributed by atoms with van der Waals surface area (Å²) in [5.74, 6) is 1.27. The Bertz CT molecular complexity index is 1170. The fourth-order valence-electron chi connectivity index (χ4n) is 3.59. The maximum absolute atomic E-state index is 12.8. The van der Waals surface area contributed by atoms with E-state index in [9.17, 15) is 4.79 Å². The Labute approximate surface area is 206 Å². The van der Waals surface area contributed by atoms with Crippen LogP contribution < -0.4 is 10.5 Å². The van der Waals surface area contributed by atoms with Crippen LogP contribution in [-0.4, -0.2) is 28.8 Å². The zero-order valence-electron chi connectivity index (χ0n) is 17.0. The van der Waals surface area contributed by atoms with Crippen molar-refractivity contribution in [3.8, 4) is 5.75 Å². The maximum atomic E-state index is 12.8. The normalized spacial score (nSPS) is 17.4. The Balaban J connectivity index is 0.00000289. The van der Waals surface area contributed by atoms with Crippen molar-refractivity contribution >= 4 is 58.3 Å². The minimum absolute atomic E-state index is 0. The molecule has 1 aliphatic rings. The topological polar surface area (TPSA) is 77.6 Å². The van der Waals surface area contributed by atoms with E-state index in [-0.39, 0.29) is 35.3 Å². The second kappa shape index (κ2) is 10.1. The number of halogens is 3. The Morgan fingerprint density at radius 1 is 1.16 bits per heavy atom. The molecule has 2 aromatic carbocycles. The summed E-state index contributed by atoms with van der Waals surface area (Å²) in [5, 5.41) is 1.17. The average Bonchev–Trinajstić information content (AvgIpc) is 3.17. The summed E-state index contributed by atoms with van der Waals surface area (Å²) in [6.45, 7) is 0. The lowest BCUT2D eigenvalue weighted by atomic mass is 9.84. The number of carbonyl (C=O) groups is 1.